The van der Waals surface area contributed by atoms with Gasteiger partial charge in [-0.05, 0) is 132 Å². The quantitative estimate of drug-likeness (QED) is 0.162. The maximum absolute atomic E-state index is 2.67. The van der Waals surface area contributed by atoms with Crippen LogP contribution in [-0.4, -0.2) is 15.8 Å². The monoisotopic (exact) mass is 819 g/mol. The summed E-state index contributed by atoms with van der Waals surface area (Å²) in [6.45, 7) is 14.1. The highest BCUT2D eigenvalue weighted by atomic mass is 15.2. The Morgan fingerprint density at radius 1 is 0.406 bits per heavy atom. The van der Waals surface area contributed by atoms with Crippen LogP contribution in [0.1, 0.15) is 52.7 Å². The number of hydrogen-bond donors (Lipinski definition) is 0. The Bertz CT molecular complexity index is 3820. The highest BCUT2D eigenvalue weighted by molar-refractivity contribution is 7.00. The molecule has 64 heavy (non-hydrogen) atoms. The Kier molecular flexibility index (Phi) is 6.93. The van der Waals surface area contributed by atoms with Gasteiger partial charge in [-0.15, -0.1) is 0 Å². The first kappa shape index (κ1) is 36.2. The lowest BCUT2D eigenvalue weighted by Gasteiger charge is -2.36. The van der Waals surface area contributed by atoms with Crippen LogP contribution in [0.15, 0.2) is 170 Å². The third kappa shape index (κ3) is 4.62. The Morgan fingerprint density at radius 3 is 1.62 bits per heavy atom. The molecule has 0 amide bonds. The van der Waals surface area contributed by atoms with Gasteiger partial charge in [0.25, 0.3) is 6.71 Å². The minimum Gasteiger partial charge on any atom is -0.310 e. The van der Waals surface area contributed by atoms with E-state index in [0.29, 0.717) is 0 Å². The molecule has 0 spiro atoms. The summed E-state index contributed by atoms with van der Waals surface area (Å²) in [5, 5.41) is 8.03. The van der Waals surface area contributed by atoms with Gasteiger partial charge in [-0.25, -0.2) is 0 Å². The molecular formula is C60H46BN3. The number of hydrogen-bond acceptors (Lipinski definition) is 1. The minimum atomic E-state index is -0.0593. The first-order valence-electron chi connectivity index (χ1n) is 22.9. The van der Waals surface area contributed by atoms with E-state index in [4.69, 9.17) is 0 Å². The number of anilines is 3. The first-order chi connectivity index (χ1) is 31.0. The van der Waals surface area contributed by atoms with Gasteiger partial charge in [-0.1, -0.05) is 151 Å². The predicted molar refractivity (Wildman–Crippen MR) is 274 cm³/mol. The second-order valence-electron chi connectivity index (χ2n) is 20.5. The summed E-state index contributed by atoms with van der Waals surface area (Å²) in [7, 11) is 0. The number of fused-ring (bicyclic) bond motifs is 11. The van der Waals surface area contributed by atoms with E-state index in [1.165, 1.54) is 116 Å². The van der Waals surface area contributed by atoms with Crippen molar-refractivity contribution in [1.82, 2.24) is 9.13 Å². The average Bonchev–Trinajstić information content (AvgIpc) is 3.79. The third-order valence-corrected chi connectivity index (χ3v) is 14.9. The van der Waals surface area contributed by atoms with Crippen molar-refractivity contribution in [3.63, 3.8) is 0 Å². The van der Waals surface area contributed by atoms with Gasteiger partial charge < -0.3 is 14.0 Å². The smallest absolute Gasteiger partial charge is 0.252 e. The average molecular weight is 820 g/mol. The number of aromatic nitrogens is 2. The van der Waals surface area contributed by atoms with Crippen molar-refractivity contribution in [2.75, 3.05) is 4.90 Å². The van der Waals surface area contributed by atoms with Crippen LogP contribution in [0.4, 0.5) is 17.1 Å². The van der Waals surface area contributed by atoms with Gasteiger partial charge >= 0.3 is 0 Å². The molecule has 2 aromatic heterocycles. The van der Waals surface area contributed by atoms with Crippen molar-refractivity contribution in [3.8, 4) is 33.6 Å². The zero-order valence-electron chi connectivity index (χ0n) is 37.1. The highest BCUT2D eigenvalue weighted by Gasteiger charge is 2.43. The summed E-state index contributed by atoms with van der Waals surface area (Å²) >= 11 is 0. The van der Waals surface area contributed by atoms with E-state index in [0.717, 1.165) is 17.1 Å². The van der Waals surface area contributed by atoms with Gasteiger partial charge in [0.05, 0.1) is 22.2 Å². The largest absolute Gasteiger partial charge is 0.310 e. The molecule has 0 unspecified atom stereocenters. The highest BCUT2D eigenvalue weighted by Crippen LogP contribution is 2.51. The number of nitrogens with zero attached hydrogens (tertiary/aromatic N) is 3. The van der Waals surface area contributed by atoms with Crippen LogP contribution in [0.5, 0.6) is 0 Å². The second-order valence-corrected chi connectivity index (χ2v) is 20.5. The van der Waals surface area contributed by atoms with Gasteiger partial charge in [-0.3, -0.25) is 0 Å². The fourth-order valence-corrected chi connectivity index (χ4v) is 12.0. The number of benzene rings is 9. The van der Waals surface area contributed by atoms with Crippen LogP contribution >= 0.6 is 0 Å². The Hall–Kier alpha value is -7.30. The third-order valence-electron chi connectivity index (χ3n) is 14.9. The molecule has 4 heterocycles. The topological polar surface area (TPSA) is 13.1 Å². The maximum Gasteiger partial charge on any atom is 0.252 e. The standard InChI is InChI=1S/C60H46BN3/c1-59(2,3)36-27-28-49-45(30-36)46-31-37(60(4,5)6)32-48-57(46)63(49)51-33-40(62(38-18-9-7-10-19-38)39-20-11-8-12-21-39)34-52-56(51)61(48)47-29-35-17-15-24-43-41-22-13-14-23-42(41)44-25-16-26-50-54(44)55(53(35)43)58(47)64(50)52/h7-34H,1-6H3. The zero-order chi connectivity index (χ0) is 43.0. The van der Waals surface area contributed by atoms with E-state index in [1.54, 1.807) is 0 Å². The van der Waals surface area contributed by atoms with E-state index in [1.807, 2.05) is 0 Å². The van der Waals surface area contributed by atoms with Crippen LogP contribution in [0.2, 0.25) is 0 Å². The van der Waals surface area contributed by atoms with Crippen LogP contribution in [-0.2, 0) is 10.8 Å². The van der Waals surface area contributed by atoms with Crippen LogP contribution in [0.3, 0.4) is 0 Å². The van der Waals surface area contributed by atoms with Crippen molar-refractivity contribution in [3.05, 3.63) is 181 Å². The van der Waals surface area contributed by atoms with Crippen molar-refractivity contribution in [2.45, 2.75) is 52.4 Å². The molecule has 304 valence electrons. The summed E-state index contributed by atoms with van der Waals surface area (Å²) < 4.78 is 5.31. The molecule has 3 aliphatic rings. The molecule has 0 fully saturated rings. The summed E-state index contributed by atoms with van der Waals surface area (Å²) in [6, 6.07) is 64.8. The van der Waals surface area contributed by atoms with Gasteiger partial charge in [-0.2, -0.15) is 0 Å². The molecule has 0 bridgehead atoms. The van der Waals surface area contributed by atoms with Gasteiger partial charge in [0, 0.05) is 49.8 Å². The summed E-state index contributed by atoms with van der Waals surface area (Å²) in [4.78, 5) is 2.45. The summed E-state index contributed by atoms with van der Waals surface area (Å²) in [5.74, 6) is 0. The molecule has 9 aromatic carbocycles. The fraction of sp³-hybridized carbons (Fsp3) is 0.133. The molecule has 4 heteroatoms. The first-order valence-corrected chi connectivity index (χ1v) is 22.9. The van der Waals surface area contributed by atoms with Gasteiger partial charge in [0.1, 0.15) is 0 Å². The van der Waals surface area contributed by atoms with E-state index < -0.39 is 0 Å². The normalized spacial score (nSPS) is 13.4. The molecule has 0 saturated heterocycles. The molecule has 0 radical (unpaired) electrons. The van der Waals surface area contributed by atoms with Gasteiger partial charge in [0.15, 0.2) is 0 Å². The van der Waals surface area contributed by atoms with Crippen molar-refractivity contribution < 1.29 is 0 Å². The van der Waals surface area contributed by atoms with Crippen molar-refractivity contribution in [2.24, 2.45) is 0 Å². The molecule has 3 nitrogen and oxygen atoms in total. The molecule has 1 aliphatic carbocycles. The SMILES string of the molecule is CC(C)(C)c1ccc2c(c1)c1cc(C(C)(C)C)cc3c1n2-c1cc(N(c2ccccc2)c2ccccc2)cc2c1B3c1cc3cccc4c3c3c5c(cccc5n-2c13)-c1ccccc1-4. The lowest BCUT2D eigenvalue weighted by molar-refractivity contribution is 0.590. The van der Waals surface area contributed by atoms with Crippen molar-refractivity contribution >= 4 is 94.5 Å². The Labute approximate surface area is 373 Å². The molecular weight excluding hydrogens is 773 g/mol. The van der Waals surface area contributed by atoms with Crippen LogP contribution in [0.25, 0.3) is 88.0 Å². The number of rotatable bonds is 3. The van der Waals surface area contributed by atoms with Gasteiger partial charge in [0.2, 0.25) is 0 Å². The lowest BCUT2D eigenvalue weighted by atomic mass is 9.34. The van der Waals surface area contributed by atoms with E-state index in [9.17, 15) is 0 Å². The van der Waals surface area contributed by atoms with Crippen LogP contribution in [0, 0.1) is 0 Å². The predicted octanol–water partition coefficient (Wildman–Crippen LogP) is 13.9. The van der Waals surface area contributed by atoms with E-state index in [-0.39, 0.29) is 17.5 Å². The second kappa shape index (κ2) is 12.2. The Morgan fingerprint density at radius 2 is 0.969 bits per heavy atom. The molecule has 11 aromatic rings. The van der Waals surface area contributed by atoms with E-state index >= 15 is 0 Å². The Balaban J connectivity index is 1.22. The van der Waals surface area contributed by atoms with E-state index in [2.05, 4.69) is 225 Å². The van der Waals surface area contributed by atoms with Crippen LogP contribution < -0.4 is 21.3 Å². The minimum absolute atomic E-state index is 0.00333. The summed E-state index contributed by atoms with van der Waals surface area (Å²) in [6.07, 6.45) is 0. The maximum atomic E-state index is 2.67. The zero-order valence-corrected chi connectivity index (χ0v) is 37.1. The number of para-hydroxylation sites is 2. The lowest BCUT2D eigenvalue weighted by Crippen LogP contribution is -2.59. The molecule has 0 atom stereocenters. The fourth-order valence-electron chi connectivity index (χ4n) is 12.0. The molecule has 0 N–H and O–H groups in total. The molecule has 0 saturated carbocycles. The molecule has 14 rings (SSSR count). The summed E-state index contributed by atoms with van der Waals surface area (Å²) in [5.41, 5.74) is 23.1. The molecule has 2 aliphatic heterocycles. The van der Waals surface area contributed by atoms with Crippen molar-refractivity contribution in [1.29, 1.82) is 0 Å².